The summed E-state index contributed by atoms with van der Waals surface area (Å²) in [6.45, 7) is 0. The van der Waals surface area contributed by atoms with Crippen LogP contribution in [-0.2, 0) is 16.6 Å². The molecule has 102 valence electrons. The Morgan fingerprint density at radius 3 is 2.89 bits per heavy atom. The molecular formula is C13H15BrN2O3. The largest absolute Gasteiger partial charge is 0.374 e. The van der Waals surface area contributed by atoms with Crippen LogP contribution in [0.5, 0.6) is 0 Å². The molecule has 2 aliphatic rings. The molecule has 2 bridgehead atoms. The van der Waals surface area contributed by atoms with Crippen molar-refractivity contribution in [1.82, 2.24) is 4.57 Å². The van der Waals surface area contributed by atoms with Gasteiger partial charge in [0.05, 0.1) is 28.3 Å². The number of pyridine rings is 1. The van der Waals surface area contributed by atoms with Gasteiger partial charge in [-0.2, -0.15) is 0 Å². The van der Waals surface area contributed by atoms with Gasteiger partial charge in [0, 0.05) is 13.2 Å². The normalized spacial score (nSPS) is 28.6. The lowest BCUT2D eigenvalue weighted by Crippen LogP contribution is -2.31. The van der Waals surface area contributed by atoms with Gasteiger partial charge in [0.1, 0.15) is 0 Å². The van der Waals surface area contributed by atoms with Gasteiger partial charge < -0.3 is 14.6 Å². The molecule has 1 N–H and O–H groups in total. The number of carbonyl (C=O) groups excluding carboxylic acids is 1. The lowest BCUT2D eigenvalue weighted by atomic mass is 9.88. The van der Waals surface area contributed by atoms with Crippen LogP contribution in [0.3, 0.4) is 0 Å². The second-order valence-electron chi connectivity index (χ2n) is 5.20. The summed E-state index contributed by atoms with van der Waals surface area (Å²) in [6, 6.07) is 1.63. The summed E-state index contributed by atoms with van der Waals surface area (Å²) in [5.41, 5.74) is 0.503. The molecule has 19 heavy (non-hydrogen) atoms. The Kier molecular flexibility index (Phi) is 3.22. The first-order valence-corrected chi connectivity index (χ1v) is 7.16. The van der Waals surface area contributed by atoms with Gasteiger partial charge >= 0.3 is 0 Å². The minimum absolute atomic E-state index is 0.0160. The van der Waals surface area contributed by atoms with Crippen LogP contribution < -0.4 is 10.9 Å². The van der Waals surface area contributed by atoms with Crippen molar-refractivity contribution in [3.8, 4) is 0 Å². The van der Waals surface area contributed by atoms with Gasteiger partial charge in [0.15, 0.2) is 0 Å². The van der Waals surface area contributed by atoms with Crippen molar-refractivity contribution in [1.29, 1.82) is 0 Å². The quantitative estimate of drug-likeness (QED) is 0.899. The van der Waals surface area contributed by atoms with Crippen LogP contribution in [0.25, 0.3) is 0 Å². The average molecular weight is 327 g/mol. The number of fused-ring (bicyclic) bond motifs is 2. The SMILES string of the molecule is Cn1cc(NC(=O)[C@H]2C[C@H]3CC[C@H]2O3)cc(Br)c1=O. The molecule has 3 heterocycles. The van der Waals surface area contributed by atoms with Crippen molar-refractivity contribution >= 4 is 27.5 Å². The number of nitrogens with zero attached hydrogens (tertiary/aromatic N) is 1. The lowest BCUT2D eigenvalue weighted by Gasteiger charge is -2.18. The Labute approximate surface area is 119 Å². The van der Waals surface area contributed by atoms with Crippen molar-refractivity contribution in [2.24, 2.45) is 13.0 Å². The maximum Gasteiger partial charge on any atom is 0.264 e. The fourth-order valence-electron chi connectivity index (χ4n) is 2.89. The molecule has 5 nitrogen and oxygen atoms in total. The monoisotopic (exact) mass is 326 g/mol. The molecule has 1 aromatic heterocycles. The molecule has 0 spiro atoms. The van der Waals surface area contributed by atoms with Gasteiger partial charge in [-0.3, -0.25) is 9.59 Å². The Balaban J connectivity index is 1.75. The van der Waals surface area contributed by atoms with Crippen LogP contribution in [-0.4, -0.2) is 22.7 Å². The minimum atomic E-state index is -0.124. The third-order valence-corrected chi connectivity index (χ3v) is 4.42. The Bertz CT molecular complexity index is 557. The van der Waals surface area contributed by atoms with E-state index >= 15 is 0 Å². The molecule has 6 heteroatoms. The predicted octanol–water partition coefficient (Wildman–Crippen LogP) is 1.65. The summed E-state index contributed by atoms with van der Waals surface area (Å²) in [4.78, 5) is 23.8. The molecule has 0 radical (unpaired) electrons. The molecule has 2 saturated heterocycles. The van der Waals surface area contributed by atoms with Crippen LogP contribution in [0.15, 0.2) is 21.5 Å². The summed E-state index contributed by atoms with van der Waals surface area (Å²) in [6.07, 6.45) is 4.80. The highest BCUT2D eigenvalue weighted by Crippen LogP contribution is 2.39. The minimum Gasteiger partial charge on any atom is -0.374 e. The van der Waals surface area contributed by atoms with E-state index in [1.807, 2.05) is 0 Å². The topological polar surface area (TPSA) is 60.3 Å². The number of carbonyl (C=O) groups is 1. The summed E-state index contributed by atoms with van der Waals surface area (Å²) >= 11 is 3.19. The number of rotatable bonds is 2. The standard InChI is InChI=1S/C13H15BrN2O3/c1-16-6-7(4-10(14)13(16)18)15-12(17)9-5-8-2-3-11(9)19-8/h4,6,8-9,11H,2-3,5H2,1H3,(H,15,17)/t8-,9+,11-/m1/s1. The summed E-state index contributed by atoms with van der Waals surface area (Å²) in [7, 11) is 1.66. The van der Waals surface area contributed by atoms with Crippen LogP contribution in [0.1, 0.15) is 19.3 Å². The van der Waals surface area contributed by atoms with Gasteiger partial charge in [-0.1, -0.05) is 0 Å². The number of aromatic nitrogens is 1. The predicted molar refractivity (Wildman–Crippen MR) is 74.0 cm³/mol. The zero-order valence-corrected chi connectivity index (χ0v) is 12.1. The highest BCUT2D eigenvalue weighted by atomic mass is 79.9. The highest BCUT2D eigenvalue weighted by Gasteiger charge is 2.44. The smallest absolute Gasteiger partial charge is 0.264 e. The summed E-state index contributed by atoms with van der Waals surface area (Å²) in [5, 5.41) is 2.87. The number of ether oxygens (including phenoxy) is 1. The fraction of sp³-hybridized carbons (Fsp3) is 0.538. The number of hydrogen-bond acceptors (Lipinski definition) is 3. The third-order valence-electron chi connectivity index (χ3n) is 3.85. The van der Waals surface area contributed by atoms with Crippen molar-refractivity contribution in [2.45, 2.75) is 31.5 Å². The van der Waals surface area contributed by atoms with Crippen molar-refractivity contribution in [3.63, 3.8) is 0 Å². The van der Waals surface area contributed by atoms with Crippen LogP contribution >= 0.6 is 15.9 Å². The number of aryl methyl sites for hydroxylation is 1. The zero-order chi connectivity index (χ0) is 13.6. The van der Waals surface area contributed by atoms with Crippen LogP contribution in [0.4, 0.5) is 5.69 Å². The van der Waals surface area contributed by atoms with E-state index in [4.69, 9.17) is 4.74 Å². The van der Waals surface area contributed by atoms with Crippen LogP contribution in [0, 0.1) is 5.92 Å². The van der Waals surface area contributed by atoms with E-state index in [1.165, 1.54) is 4.57 Å². The van der Waals surface area contributed by atoms with E-state index in [0.717, 1.165) is 19.3 Å². The Morgan fingerprint density at radius 2 is 2.32 bits per heavy atom. The van der Waals surface area contributed by atoms with Crippen molar-refractivity contribution < 1.29 is 9.53 Å². The van der Waals surface area contributed by atoms with Gasteiger partial charge in [0.25, 0.3) is 5.56 Å². The highest BCUT2D eigenvalue weighted by molar-refractivity contribution is 9.10. The maximum absolute atomic E-state index is 12.2. The molecule has 3 atom stereocenters. The van der Waals surface area contributed by atoms with Gasteiger partial charge in [-0.15, -0.1) is 0 Å². The summed E-state index contributed by atoms with van der Waals surface area (Å²) in [5.74, 6) is -0.0764. The van der Waals surface area contributed by atoms with Crippen molar-refractivity contribution in [2.75, 3.05) is 5.32 Å². The molecule has 3 rings (SSSR count). The maximum atomic E-state index is 12.2. The first-order valence-electron chi connectivity index (χ1n) is 6.37. The van der Waals surface area contributed by atoms with E-state index in [0.29, 0.717) is 10.2 Å². The van der Waals surface area contributed by atoms with Gasteiger partial charge in [-0.25, -0.2) is 0 Å². The molecule has 0 unspecified atom stereocenters. The van der Waals surface area contributed by atoms with Crippen molar-refractivity contribution in [3.05, 3.63) is 27.1 Å². The molecule has 0 saturated carbocycles. The zero-order valence-electron chi connectivity index (χ0n) is 10.6. The Morgan fingerprint density at radius 1 is 1.53 bits per heavy atom. The lowest BCUT2D eigenvalue weighted by molar-refractivity contribution is -0.121. The number of nitrogens with one attached hydrogen (secondary N) is 1. The molecule has 2 fully saturated rings. The van der Waals surface area contributed by atoms with Crippen LogP contribution in [0.2, 0.25) is 0 Å². The van der Waals surface area contributed by atoms with Gasteiger partial charge in [-0.05, 0) is 41.3 Å². The molecule has 1 aromatic rings. The molecule has 2 aliphatic heterocycles. The first kappa shape index (κ1) is 12.9. The summed E-state index contributed by atoms with van der Waals surface area (Å²) < 4.78 is 7.57. The first-order chi connectivity index (χ1) is 9.04. The van der Waals surface area contributed by atoms with E-state index < -0.39 is 0 Å². The second-order valence-corrected chi connectivity index (χ2v) is 6.05. The molecule has 1 amide bonds. The molecule has 0 aliphatic carbocycles. The third kappa shape index (κ3) is 2.34. The van der Waals surface area contributed by atoms with Gasteiger partial charge in [0.2, 0.25) is 5.91 Å². The molecule has 0 aromatic carbocycles. The van der Waals surface area contributed by atoms with E-state index in [-0.39, 0.29) is 29.6 Å². The van der Waals surface area contributed by atoms with E-state index in [1.54, 1.807) is 19.3 Å². The fourth-order valence-corrected chi connectivity index (χ4v) is 3.41. The number of anilines is 1. The second kappa shape index (κ2) is 4.76. The Hall–Kier alpha value is -1.14. The van der Waals surface area contributed by atoms with E-state index in [2.05, 4.69) is 21.2 Å². The number of hydrogen-bond donors (Lipinski definition) is 1. The molecular weight excluding hydrogens is 312 g/mol. The van der Waals surface area contributed by atoms with E-state index in [9.17, 15) is 9.59 Å². The number of amides is 1. The number of halogens is 1. The average Bonchev–Trinajstić information content (AvgIpc) is 2.98.